The predicted octanol–water partition coefficient (Wildman–Crippen LogP) is 2.62. The molecule has 2 aromatic rings. The molecule has 1 aliphatic heterocycles. The number of halogens is 1. The SMILES string of the molecule is COc1cnc(Cl)cc1-c1ccnc(N2CCN(C)C3(CC3)C2=O)c1. The van der Waals surface area contributed by atoms with Crippen LogP contribution < -0.4 is 9.64 Å². The summed E-state index contributed by atoms with van der Waals surface area (Å²) in [5.41, 5.74) is 1.41. The van der Waals surface area contributed by atoms with E-state index in [2.05, 4.69) is 14.9 Å². The quantitative estimate of drug-likeness (QED) is 0.789. The smallest absolute Gasteiger partial charge is 0.248 e. The Morgan fingerprint density at radius 2 is 2.04 bits per heavy atom. The standard InChI is InChI=1S/C18H19ClN4O2/c1-22-7-8-23(17(24)18(22)4-5-18)16-9-12(3-6-20-16)13-10-15(19)21-11-14(13)25-2/h3,6,9-11H,4-5,7-8H2,1-2H3. The van der Waals surface area contributed by atoms with Crippen molar-refractivity contribution in [3.05, 3.63) is 35.7 Å². The molecule has 0 aromatic carbocycles. The van der Waals surface area contributed by atoms with Crippen LogP contribution in [0.5, 0.6) is 5.75 Å². The number of aromatic nitrogens is 2. The summed E-state index contributed by atoms with van der Waals surface area (Å²) in [4.78, 5) is 25.4. The number of hydrogen-bond acceptors (Lipinski definition) is 5. The molecule has 4 rings (SSSR count). The molecule has 0 bridgehead atoms. The highest BCUT2D eigenvalue weighted by Gasteiger charge is 2.57. The summed E-state index contributed by atoms with van der Waals surface area (Å²) in [5, 5.41) is 0.391. The molecule has 2 aromatic heterocycles. The van der Waals surface area contributed by atoms with Crippen molar-refractivity contribution in [2.24, 2.45) is 0 Å². The van der Waals surface area contributed by atoms with Crippen molar-refractivity contribution >= 4 is 23.3 Å². The fraction of sp³-hybridized carbons (Fsp3) is 0.389. The molecule has 7 heteroatoms. The van der Waals surface area contributed by atoms with Crippen LogP contribution in [-0.4, -0.2) is 53.6 Å². The Hall–Kier alpha value is -2.18. The van der Waals surface area contributed by atoms with Crippen molar-refractivity contribution in [1.82, 2.24) is 14.9 Å². The molecule has 1 spiro atoms. The molecule has 2 aliphatic rings. The summed E-state index contributed by atoms with van der Waals surface area (Å²) in [7, 11) is 3.62. The average molecular weight is 359 g/mol. The van der Waals surface area contributed by atoms with Gasteiger partial charge in [0.25, 0.3) is 0 Å². The van der Waals surface area contributed by atoms with Gasteiger partial charge in [0.1, 0.15) is 22.3 Å². The van der Waals surface area contributed by atoms with Gasteiger partial charge in [0.05, 0.1) is 13.3 Å². The van der Waals surface area contributed by atoms with Crippen LogP contribution in [0.3, 0.4) is 0 Å². The van der Waals surface area contributed by atoms with E-state index in [9.17, 15) is 4.79 Å². The number of anilines is 1. The van der Waals surface area contributed by atoms with E-state index in [0.717, 1.165) is 30.5 Å². The van der Waals surface area contributed by atoms with Gasteiger partial charge in [-0.05, 0) is 43.7 Å². The maximum Gasteiger partial charge on any atom is 0.248 e. The zero-order chi connectivity index (χ0) is 17.6. The van der Waals surface area contributed by atoms with Gasteiger partial charge in [-0.2, -0.15) is 0 Å². The van der Waals surface area contributed by atoms with E-state index in [1.165, 1.54) is 0 Å². The molecule has 25 heavy (non-hydrogen) atoms. The number of carbonyl (C=O) groups is 1. The zero-order valence-electron chi connectivity index (χ0n) is 14.2. The maximum absolute atomic E-state index is 12.9. The van der Waals surface area contributed by atoms with E-state index >= 15 is 0 Å². The first-order chi connectivity index (χ1) is 12.0. The molecule has 1 saturated carbocycles. The number of rotatable bonds is 3. The average Bonchev–Trinajstić information content (AvgIpc) is 3.42. The van der Waals surface area contributed by atoms with Crippen molar-refractivity contribution in [2.75, 3.05) is 32.1 Å². The predicted molar refractivity (Wildman–Crippen MR) is 96.0 cm³/mol. The molecular weight excluding hydrogens is 340 g/mol. The highest BCUT2D eigenvalue weighted by Crippen LogP contribution is 2.45. The lowest BCUT2D eigenvalue weighted by atomic mass is 10.1. The zero-order valence-corrected chi connectivity index (χ0v) is 15.0. The van der Waals surface area contributed by atoms with Gasteiger partial charge in [0.15, 0.2) is 0 Å². The van der Waals surface area contributed by atoms with E-state index < -0.39 is 0 Å². The third-order valence-corrected chi connectivity index (χ3v) is 5.35. The molecule has 130 valence electrons. The first kappa shape index (κ1) is 16.3. The molecule has 2 fully saturated rings. The van der Waals surface area contributed by atoms with Crippen molar-refractivity contribution in [3.8, 4) is 16.9 Å². The van der Waals surface area contributed by atoms with Crippen LogP contribution in [0.2, 0.25) is 5.15 Å². The van der Waals surface area contributed by atoms with Crippen LogP contribution in [-0.2, 0) is 4.79 Å². The highest BCUT2D eigenvalue weighted by molar-refractivity contribution is 6.29. The molecule has 1 amide bonds. The number of methoxy groups -OCH3 is 1. The van der Waals surface area contributed by atoms with Crippen LogP contribution in [0, 0.1) is 0 Å². The van der Waals surface area contributed by atoms with Crippen LogP contribution in [0.4, 0.5) is 5.82 Å². The van der Waals surface area contributed by atoms with Gasteiger partial charge in [-0.25, -0.2) is 9.97 Å². The summed E-state index contributed by atoms with van der Waals surface area (Å²) >= 11 is 6.04. The molecule has 1 saturated heterocycles. The fourth-order valence-corrected chi connectivity index (χ4v) is 3.61. The largest absolute Gasteiger partial charge is 0.494 e. The lowest BCUT2D eigenvalue weighted by molar-refractivity contribution is -0.126. The van der Waals surface area contributed by atoms with Gasteiger partial charge in [-0.15, -0.1) is 0 Å². The lowest BCUT2D eigenvalue weighted by Gasteiger charge is -2.38. The minimum Gasteiger partial charge on any atom is -0.494 e. The number of pyridine rings is 2. The van der Waals surface area contributed by atoms with Crippen LogP contribution in [0.15, 0.2) is 30.6 Å². The van der Waals surface area contributed by atoms with Crippen molar-refractivity contribution in [3.63, 3.8) is 0 Å². The highest BCUT2D eigenvalue weighted by atomic mass is 35.5. The second-order valence-electron chi connectivity index (χ2n) is 6.52. The number of nitrogens with zero attached hydrogens (tertiary/aromatic N) is 4. The fourth-order valence-electron chi connectivity index (χ4n) is 3.45. The van der Waals surface area contributed by atoms with Crippen LogP contribution in [0.25, 0.3) is 11.1 Å². The Bertz CT molecular complexity index is 838. The summed E-state index contributed by atoms with van der Waals surface area (Å²) in [6, 6.07) is 5.55. The summed E-state index contributed by atoms with van der Waals surface area (Å²) in [6.07, 6.45) is 5.15. The number of amides is 1. The molecule has 0 unspecified atom stereocenters. The number of carbonyl (C=O) groups excluding carboxylic acids is 1. The minimum atomic E-state index is -0.312. The van der Waals surface area contributed by atoms with E-state index in [1.807, 2.05) is 19.2 Å². The van der Waals surface area contributed by atoms with E-state index in [0.29, 0.717) is 23.3 Å². The van der Waals surface area contributed by atoms with Gasteiger partial charge in [-0.3, -0.25) is 14.6 Å². The van der Waals surface area contributed by atoms with Crippen molar-refractivity contribution in [2.45, 2.75) is 18.4 Å². The van der Waals surface area contributed by atoms with Crippen LogP contribution in [0.1, 0.15) is 12.8 Å². The number of piperazine rings is 1. The summed E-state index contributed by atoms with van der Waals surface area (Å²) in [5.74, 6) is 1.44. The van der Waals surface area contributed by atoms with E-state index in [4.69, 9.17) is 16.3 Å². The molecular formula is C18H19ClN4O2. The molecule has 1 aliphatic carbocycles. The molecule has 0 atom stereocenters. The van der Waals surface area contributed by atoms with Gasteiger partial charge < -0.3 is 4.74 Å². The summed E-state index contributed by atoms with van der Waals surface area (Å²) in [6.45, 7) is 1.49. The normalized spacial score (nSPS) is 19.3. The molecule has 0 N–H and O–H groups in total. The second-order valence-corrected chi connectivity index (χ2v) is 6.91. The van der Waals surface area contributed by atoms with Gasteiger partial charge >= 0.3 is 0 Å². The van der Waals surface area contributed by atoms with E-state index in [1.54, 1.807) is 30.5 Å². The minimum absolute atomic E-state index is 0.144. The third kappa shape index (κ3) is 2.65. The van der Waals surface area contributed by atoms with Crippen LogP contribution >= 0.6 is 11.6 Å². The number of hydrogen-bond donors (Lipinski definition) is 0. The Labute approximate surface area is 151 Å². The van der Waals surface area contributed by atoms with Crippen molar-refractivity contribution < 1.29 is 9.53 Å². The molecule has 6 nitrogen and oxygen atoms in total. The number of likely N-dealkylation sites (N-methyl/N-ethyl adjacent to an activating group) is 1. The summed E-state index contributed by atoms with van der Waals surface area (Å²) < 4.78 is 5.39. The second kappa shape index (κ2) is 5.97. The number of ether oxygens (including phenoxy) is 1. The molecule has 0 radical (unpaired) electrons. The Kier molecular flexibility index (Phi) is 3.89. The third-order valence-electron chi connectivity index (χ3n) is 5.14. The monoisotopic (exact) mass is 358 g/mol. The van der Waals surface area contributed by atoms with Gasteiger partial charge in [-0.1, -0.05) is 11.6 Å². The van der Waals surface area contributed by atoms with E-state index in [-0.39, 0.29) is 11.4 Å². The van der Waals surface area contributed by atoms with Crippen molar-refractivity contribution in [1.29, 1.82) is 0 Å². The van der Waals surface area contributed by atoms with Gasteiger partial charge in [0.2, 0.25) is 5.91 Å². The maximum atomic E-state index is 12.9. The van der Waals surface area contributed by atoms with Gasteiger partial charge in [0, 0.05) is 24.8 Å². The first-order valence-electron chi connectivity index (χ1n) is 8.24. The topological polar surface area (TPSA) is 58.6 Å². The molecule has 3 heterocycles. The Morgan fingerprint density at radius 3 is 2.76 bits per heavy atom. The first-order valence-corrected chi connectivity index (χ1v) is 8.62. The lowest BCUT2D eigenvalue weighted by Crippen LogP contribution is -2.57. The Morgan fingerprint density at radius 1 is 1.24 bits per heavy atom. The Balaban J connectivity index is 1.71.